The molecule has 1 saturated heterocycles. The average Bonchev–Trinajstić information content (AvgIpc) is 2.99. The zero-order valence-corrected chi connectivity index (χ0v) is 17.6. The van der Waals surface area contributed by atoms with Crippen LogP contribution in [-0.4, -0.2) is 34.9 Å². The molecule has 2 aromatic carbocycles. The quantitative estimate of drug-likeness (QED) is 0.748. The smallest absolute Gasteiger partial charge is 0.255 e. The number of anilines is 1. The summed E-state index contributed by atoms with van der Waals surface area (Å²) >= 11 is 5.32. The molecule has 1 aliphatic heterocycles. The molecule has 0 bridgehead atoms. The number of rotatable bonds is 4. The third kappa shape index (κ3) is 5.87. The molecule has 5 nitrogen and oxygen atoms in total. The van der Waals surface area contributed by atoms with Crippen LogP contribution in [0.3, 0.4) is 0 Å². The fourth-order valence-electron chi connectivity index (χ4n) is 3.53. The zero-order chi connectivity index (χ0) is 20.6. The monoisotopic (exact) mass is 409 g/mol. The maximum atomic E-state index is 13.0. The highest BCUT2D eigenvalue weighted by molar-refractivity contribution is 7.80. The Kier molecular flexibility index (Phi) is 7.36. The van der Waals surface area contributed by atoms with Crippen molar-refractivity contribution >= 4 is 34.8 Å². The van der Waals surface area contributed by atoms with Gasteiger partial charge in [0, 0.05) is 13.1 Å². The van der Waals surface area contributed by atoms with Crippen molar-refractivity contribution in [3.63, 3.8) is 0 Å². The molecule has 1 heterocycles. The Morgan fingerprint density at radius 1 is 0.966 bits per heavy atom. The van der Waals surface area contributed by atoms with Crippen molar-refractivity contribution in [3.8, 4) is 0 Å². The molecule has 29 heavy (non-hydrogen) atoms. The van der Waals surface area contributed by atoms with E-state index >= 15 is 0 Å². The van der Waals surface area contributed by atoms with Gasteiger partial charge >= 0.3 is 0 Å². The number of likely N-dealkylation sites (tertiary alicyclic amines) is 1. The van der Waals surface area contributed by atoms with E-state index in [1.807, 2.05) is 54.3 Å². The first-order valence-electron chi connectivity index (χ1n) is 10.1. The van der Waals surface area contributed by atoms with E-state index in [2.05, 4.69) is 10.6 Å². The number of hydrogen-bond acceptors (Lipinski definition) is 3. The van der Waals surface area contributed by atoms with Gasteiger partial charge in [-0.1, -0.05) is 49.2 Å². The van der Waals surface area contributed by atoms with E-state index in [-0.39, 0.29) is 23.3 Å². The van der Waals surface area contributed by atoms with Gasteiger partial charge in [-0.25, -0.2) is 0 Å². The molecule has 152 valence electrons. The minimum atomic E-state index is -0.187. The predicted octanol–water partition coefficient (Wildman–Crippen LogP) is 4.07. The maximum Gasteiger partial charge on any atom is 0.255 e. The van der Waals surface area contributed by atoms with Crippen LogP contribution in [0, 0.1) is 6.92 Å². The second-order valence-electron chi connectivity index (χ2n) is 7.36. The standard InChI is InChI=1S/C23H27N3O2S/c1-17-10-4-5-11-18(17)16-21(27)25-23(29)24-20-13-7-6-12-19(20)22(28)26-14-8-2-3-9-15-26/h4-7,10-13H,2-3,8-9,14-16H2,1H3,(H2,24,25,27,29). The first-order valence-corrected chi connectivity index (χ1v) is 10.5. The fraction of sp³-hybridized carbons (Fsp3) is 0.348. The van der Waals surface area contributed by atoms with Crippen molar-refractivity contribution in [2.45, 2.75) is 39.0 Å². The molecular weight excluding hydrogens is 382 g/mol. The van der Waals surface area contributed by atoms with Gasteiger partial charge in [0.2, 0.25) is 5.91 Å². The number of amides is 2. The summed E-state index contributed by atoms with van der Waals surface area (Å²) in [4.78, 5) is 27.3. The Labute approximate surface area is 177 Å². The highest BCUT2D eigenvalue weighted by atomic mass is 32.1. The van der Waals surface area contributed by atoms with Gasteiger partial charge in [-0.3, -0.25) is 9.59 Å². The Morgan fingerprint density at radius 2 is 1.62 bits per heavy atom. The summed E-state index contributed by atoms with van der Waals surface area (Å²) in [7, 11) is 0. The summed E-state index contributed by atoms with van der Waals surface area (Å²) in [6, 6.07) is 15.1. The number of aryl methyl sites for hydroxylation is 1. The summed E-state index contributed by atoms with van der Waals surface area (Å²) in [5.74, 6) is -0.183. The number of thiocarbonyl (C=S) groups is 1. The number of nitrogens with zero attached hydrogens (tertiary/aromatic N) is 1. The normalized spacial score (nSPS) is 14.0. The van der Waals surface area contributed by atoms with Crippen molar-refractivity contribution in [3.05, 3.63) is 65.2 Å². The molecule has 2 amide bonds. The van der Waals surface area contributed by atoms with Crippen LogP contribution in [0.5, 0.6) is 0 Å². The van der Waals surface area contributed by atoms with E-state index in [1.165, 1.54) is 12.8 Å². The molecule has 1 aliphatic rings. The second-order valence-corrected chi connectivity index (χ2v) is 7.77. The van der Waals surface area contributed by atoms with Crippen LogP contribution in [-0.2, 0) is 11.2 Å². The number of para-hydroxylation sites is 1. The first kappa shape index (κ1) is 21.0. The molecule has 0 unspecified atom stereocenters. The molecule has 6 heteroatoms. The molecular formula is C23H27N3O2S. The van der Waals surface area contributed by atoms with Crippen molar-refractivity contribution in [2.75, 3.05) is 18.4 Å². The molecule has 0 spiro atoms. The van der Waals surface area contributed by atoms with Gasteiger partial charge in [0.1, 0.15) is 0 Å². The number of carbonyl (C=O) groups is 2. The highest BCUT2D eigenvalue weighted by Crippen LogP contribution is 2.20. The van der Waals surface area contributed by atoms with Crippen molar-refractivity contribution in [1.82, 2.24) is 10.2 Å². The Bertz CT molecular complexity index is 889. The summed E-state index contributed by atoms with van der Waals surface area (Å²) < 4.78 is 0. The molecule has 3 rings (SSSR count). The van der Waals surface area contributed by atoms with E-state index in [9.17, 15) is 9.59 Å². The number of nitrogens with one attached hydrogen (secondary N) is 2. The second kappa shape index (κ2) is 10.2. The zero-order valence-electron chi connectivity index (χ0n) is 16.7. The SMILES string of the molecule is Cc1ccccc1CC(=O)NC(=S)Nc1ccccc1C(=O)N1CCCCCC1. The molecule has 1 fully saturated rings. The van der Waals surface area contributed by atoms with E-state index < -0.39 is 0 Å². The van der Waals surface area contributed by atoms with E-state index in [1.54, 1.807) is 6.07 Å². The molecule has 2 aromatic rings. The van der Waals surface area contributed by atoms with Crippen LogP contribution in [0.1, 0.15) is 47.2 Å². The average molecular weight is 410 g/mol. The van der Waals surface area contributed by atoms with E-state index in [4.69, 9.17) is 12.2 Å². The van der Waals surface area contributed by atoms with E-state index in [0.717, 1.165) is 37.1 Å². The summed E-state index contributed by atoms with van der Waals surface area (Å²) in [6.07, 6.45) is 4.66. The lowest BCUT2D eigenvalue weighted by Crippen LogP contribution is -2.36. The minimum absolute atomic E-state index is 0.00374. The van der Waals surface area contributed by atoms with Gasteiger partial charge < -0.3 is 15.5 Å². The van der Waals surface area contributed by atoms with Crippen molar-refractivity contribution < 1.29 is 9.59 Å². The lowest BCUT2D eigenvalue weighted by molar-refractivity contribution is -0.119. The van der Waals surface area contributed by atoms with Crippen LogP contribution in [0.4, 0.5) is 5.69 Å². The third-order valence-corrected chi connectivity index (χ3v) is 5.37. The van der Waals surface area contributed by atoms with Gasteiger partial charge in [-0.05, 0) is 55.2 Å². The molecule has 0 saturated carbocycles. The van der Waals surface area contributed by atoms with Crippen LogP contribution in [0.2, 0.25) is 0 Å². The number of carbonyl (C=O) groups excluding carboxylic acids is 2. The third-order valence-electron chi connectivity index (χ3n) is 5.16. The van der Waals surface area contributed by atoms with Crippen LogP contribution in [0.15, 0.2) is 48.5 Å². The number of hydrogen-bond donors (Lipinski definition) is 2. The van der Waals surface area contributed by atoms with Gasteiger partial charge in [-0.2, -0.15) is 0 Å². The minimum Gasteiger partial charge on any atom is -0.339 e. The molecule has 0 aromatic heterocycles. The molecule has 0 radical (unpaired) electrons. The molecule has 2 N–H and O–H groups in total. The lowest BCUT2D eigenvalue weighted by Gasteiger charge is -2.22. The predicted molar refractivity (Wildman–Crippen MR) is 120 cm³/mol. The van der Waals surface area contributed by atoms with Crippen molar-refractivity contribution in [1.29, 1.82) is 0 Å². The van der Waals surface area contributed by atoms with Gasteiger partial charge in [0.05, 0.1) is 17.7 Å². The Balaban J connectivity index is 1.64. The fourth-order valence-corrected chi connectivity index (χ4v) is 3.75. The molecule has 0 atom stereocenters. The summed E-state index contributed by atoms with van der Waals surface area (Å²) in [5.41, 5.74) is 3.22. The maximum absolute atomic E-state index is 13.0. The Morgan fingerprint density at radius 3 is 2.34 bits per heavy atom. The van der Waals surface area contributed by atoms with Crippen LogP contribution >= 0.6 is 12.2 Å². The van der Waals surface area contributed by atoms with Crippen LogP contribution < -0.4 is 10.6 Å². The lowest BCUT2D eigenvalue weighted by atomic mass is 10.1. The summed E-state index contributed by atoms with van der Waals surface area (Å²) in [6.45, 7) is 3.54. The topological polar surface area (TPSA) is 61.4 Å². The molecule has 0 aliphatic carbocycles. The summed E-state index contributed by atoms with van der Waals surface area (Å²) in [5, 5.41) is 5.94. The van der Waals surface area contributed by atoms with Gasteiger partial charge in [-0.15, -0.1) is 0 Å². The van der Waals surface area contributed by atoms with Gasteiger partial charge in [0.15, 0.2) is 5.11 Å². The Hall–Kier alpha value is -2.73. The largest absolute Gasteiger partial charge is 0.339 e. The van der Waals surface area contributed by atoms with Crippen LogP contribution in [0.25, 0.3) is 0 Å². The first-order chi connectivity index (χ1) is 14.0. The van der Waals surface area contributed by atoms with E-state index in [0.29, 0.717) is 11.3 Å². The number of benzene rings is 2. The van der Waals surface area contributed by atoms with Crippen molar-refractivity contribution in [2.24, 2.45) is 0 Å². The van der Waals surface area contributed by atoms with Gasteiger partial charge in [0.25, 0.3) is 5.91 Å². The highest BCUT2D eigenvalue weighted by Gasteiger charge is 2.20.